The Labute approximate surface area is 121 Å². The summed E-state index contributed by atoms with van der Waals surface area (Å²) in [4.78, 5) is 2.72. The van der Waals surface area contributed by atoms with Gasteiger partial charge in [0.05, 0.1) is 5.69 Å². The quantitative estimate of drug-likeness (QED) is 0.800. The van der Waals surface area contributed by atoms with Crippen molar-refractivity contribution in [3.05, 3.63) is 24.3 Å². The second kappa shape index (κ2) is 7.06. The maximum absolute atomic E-state index is 12.1. The Morgan fingerprint density at radius 2 is 1.90 bits per heavy atom. The minimum atomic E-state index is -3.42. The van der Waals surface area contributed by atoms with E-state index in [9.17, 15) is 8.42 Å². The summed E-state index contributed by atoms with van der Waals surface area (Å²) < 4.78 is 26.8. The molecule has 0 atom stereocenters. The summed E-state index contributed by atoms with van der Waals surface area (Å²) in [5.41, 5.74) is 0.674. The second-order valence-corrected chi connectivity index (χ2v) is 6.71. The Bertz CT molecular complexity index is 525. The summed E-state index contributed by atoms with van der Waals surface area (Å²) in [6.45, 7) is 6.19. The molecule has 0 bridgehead atoms. The van der Waals surface area contributed by atoms with Crippen LogP contribution in [-0.2, 0) is 10.0 Å². The summed E-state index contributed by atoms with van der Waals surface area (Å²) in [6, 6.07) is 7.05. The van der Waals surface area contributed by atoms with E-state index in [4.69, 9.17) is 0 Å². The monoisotopic (exact) mass is 297 g/mol. The molecule has 1 aromatic carbocycles. The van der Waals surface area contributed by atoms with Crippen LogP contribution in [0.3, 0.4) is 0 Å². The largest absolute Gasteiger partial charge is 0.383 e. The van der Waals surface area contributed by atoms with Crippen molar-refractivity contribution in [1.29, 1.82) is 0 Å². The van der Waals surface area contributed by atoms with E-state index in [1.807, 2.05) is 12.1 Å². The first kappa shape index (κ1) is 15.3. The number of rotatable bonds is 7. The molecule has 5 nitrogen and oxygen atoms in total. The van der Waals surface area contributed by atoms with E-state index in [0.29, 0.717) is 17.1 Å². The van der Waals surface area contributed by atoms with Gasteiger partial charge >= 0.3 is 0 Å². The lowest BCUT2D eigenvalue weighted by Crippen LogP contribution is -2.27. The summed E-state index contributed by atoms with van der Waals surface area (Å²) in [5, 5.41) is 3.24. The topological polar surface area (TPSA) is 61.4 Å². The van der Waals surface area contributed by atoms with Crippen molar-refractivity contribution >= 4 is 15.7 Å². The molecule has 0 aliphatic carbocycles. The van der Waals surface area contributed by atoms with Gasteiger partial charge in [-0.15, -0.1) is 0 Å². The molecule has 0 aromatic heterocycles. The van der Waals surface area contributed by atoms with Gasteiger partial charge in [-0.05, 0) is 38.1 Å². The van der Waals surface area contributed by atoms with E-state index in [-0.39, 0.29) is 0 Å². The molecule has 6 heteroatoms. The molecule has 1 aliphatic heterocycles. The zero-order valence-corrected chi connectivity index (χ0v) is 12.7. The predicted octanol–water partition coefficient (Wildman–Crippen LogP) is 1.49. The molecular formula is C14H23N3O2S. The van der Waals surface area contributed by atoms with Crippen LogP contribution in [0.15, 0.2) is 29.2 Å². The molecule has 1 aromatic rings. The highest BCUT2D eigenvalue weighted by atomic mass is 32.2. The molecule has 1 heterocycles. The van der Waals surface area contributed by atoms with Gasteiger partial charge in [0.25, 0.3) is 0 Å². The number of nitrogens with zero attached hydrogens (tertiary/aromatic N) is 1. The van der Waals surface area contributed by atoms with Crippen LogP contribution in [0.5, 0.6) is 0 Å². The Balaban J connectivity index is 2.00. The van der Waals surface area contributed by atoms with E-state index in [0.717, 1.165) is 26.2 Å². The molecule has 0 radical (unpaired) electrons. The van der Waals surface area contributed by atoms with E-state index in [2.05, 4.69) is 14.9 Å². The maximum atomic E-state index is 12.1. The van der Waals surface area contributed by atoms with E-state index in [1.54, 1.807) is 19.1 Å². The third-order valence-corrected chi connectivity index (χ3v) is 5.06. The number of hydrogen-bond donors (Lipinski definition) is 2. The van der Waals surface area contributed by atoms with Crippen molar-refractivity contribution in [2.75, 3.05) is 38.0 Å². The van der Waals surface area contributed by atoms with Crippen molar-refractivity contribution in [1.82, 2.24) is 9.62 Å². The van der Waals surface area contributed by atoms with E-state index < -0.39 is 10.0 Å². The summed E-state index contributed by atoms with van der Waals surface area (Å²) in [7, 11) is -3.42. The van der Waals surface area contributed by atoms with E-state index in [1.165, 1.54) is 12.8 Å². The smallest absolute Gasteiger partial charge is 0.242 e. The van der Waals surface area contributed by atoms with Gasteiger partial charge in [0, 0.05) is 19.6 Å². The fraction of sp³-hybridized carbons (Fsp3) is 0.571. The number of likely N-dealkylation sites (tertiary alicyclic amines) is 1. The average Bonchev–Trinajstić information content (AvgIpc) is 2.92. The fourth-order valence-electron chi connectivity index (χ4n) is 2.47. The summed E-state index contributed by atoms with van der Waals surface area (Å²) in [6.07, 6.45) is 2.54. The Kier molecular flexibility index (Phi) is 5.39. The highest BCUT2D eigenvalue weighted by Crippen LogP contribution is 2.20. The molecule has 0 spiro atoms. The minimum Gasteiger partial charge on any atom is -0.383 e. The molecule has 1 fully saturated rings. The van der Waals surface area contributed by atoms with Crippen molar-refractivity contribution in [3.8, 4) is 0 Å². The van der Waals surface area contributed by atoms with Crippen LogP contribution in [0.4, 0.5) is 5.69 Å². The van der Waals surface area contributed by atoms with Gasteiger partial charge in [-0.2, -0.15) is 0 Å². The van der Waals surface area contributed by atoms with Gasteiger partial charge in [-0.25, -0.2) is 13.1 Å². The van der Waals surface area contributed by atoms with Crippen molar-refractivity contribution in [2.45, 2.75) is 24.7 Å². The van der Waals surface area contributed by atoms with Gasteiger partial charge < -0.3 is 10.2 Å². The Hall–Kier alpha value is -1.11. The maximum Gasteiger partial charge on any atom is 0.242 e. The van der Waals surface area contributed by atoms with Crippen LogP contribution in [0.1, 0.15) is 19.8 Å². The SMILES string of the molecule is CCNS(=O)(=O)c1ccccc1NCCN1CCCC1. The lowest BCUT2D eigenvalue weighted by molar-refractivity contribution is 0.352. The molecule has 0 saturated carbocycles. The van der Waals surface area contributed by atoms with Crippen LogP contribution >= 0.6 is 0 Å². The number of para-hydroxylation sites is 1. The van der Waals surface area contributed by atoms with E-state index >= 15 is 0 Å². The van der Waals surface area contributed by atoms with Crippen molar-refractivity contribution in [3.63, 3.8) is 0 Å². The highest BCUT2D eigenvalue weighted by molar-refractivity contribution is 7.89. The third-order valence-electron chi connectivity index (χ3n) is 3.45. The first-order chi connectivity index (χ1) is 9.63. The number of benzene rings is 1. The summed E-state index contributed by atoms with van der Waals surface area (Å²) in [5.74, 6) is 0. The zero-order valence-electron chi connectivity index (χ0n) is 11.9. The minimum absolute atomic E-state index is 0.322. The molecule has 112 valence electrons. The first-order valence-corrected chi connectivity index (χ1v) is 8.66. The fourth-order valence-corrected chi connectivity index (χ4v) is 3.69. The number of nitrogens with one attached hydrogen (secondary N) is 2. The lowest BCUT2D eigenvalue weighted by atomic mass is 10.3. The molecular weight excluding hydrogens is 274 g/mol. The first-order valence-electron chi connectivity index (χ1n) is 7.18. The Morgan fingerprint density at radius 1 is 1.20 bits per heavy atom. The van der Waals surface area contributed by atoms with Gasteiger partial charge in [-0.3, -0.25) is 0 Å². The number of anilines is 1. The third kappa shape index (κ3) is 3.94. The predicted molar refractivity (Wildman–Crippen MR) is 81.5 cm³/mol. The molecule has 1 saturated heterocycles. The van der Waals surface area contributed by atoms with Crippen LogP contribution in [0.2, 0.25) is 0 Å². The highest BCUT2D eigenvalue weighted by Gasteiger charge is 2.17. The van der Waals surface area contributed by atoms with Crippen LogP contribution < -0.4 is 10.0 Å². The molecule has 20 heavy (non-hydrogen) atoms. The average molecular weight is 297 g/mol. The molecule has 2 N–H and O–H groups in total. The molecule has 0 amide bonds. The zero-order chi connectivity index (χ0) is 14.4. The molecule has 0 unspecified atom stereocenters. The normalized spacial score (nSPS) is 16.4. The second-order valence-electron chi connectivity index (χ2n) is 4.97. The molecule has 1 aliphatic rings. The van der Waals surface area contributed by atoms with Gasteiger partial charge in [0.1, 0.15) is 4.90 Å². The standard InChI is InChI=1S/C14H23N3O2S/c1-2-16-20(18,19)14-8-4-3-7-13(14)15-9-12-17-10-5-6-11-17/h3-4,7-8,15-16H,2,5-6,9-12H2,1H3. The number of sulfonamides is 1. The molecule has 2 rings (SSSR count). The number of hydrogen-bond acceptors (Lipinski definition) is 4. The van der Waals surface area contributed by atoms with Crippen LogP contribution in [0.25, 0.3) is 0 Å². The van der Waals surface area contributed by atoms with Gasteiger partial charge in [-0.1, -0.05) is 19.1 Å². The lowest BCUT2D eigenvalue weighted by Gasteiger charge is -2.17. The van der Waals surface area contributed by atoms with Crippen molar-refractivity contribution < 1.29 is 8.42 Å². The van der Waals surface area contributed by atoms with Gasteiger partial charge in [0.15, 0.2) is 0 Å². The van der Waals surface area contributed by atoms with Crippen LogP contribution in [-0.4, -0.2) is 46.0 Å². The summed E-state index contributed by atoms with van der Waals surface area (Å²) >= 11 is 0. The Morgan fingerprint density at radius 3 is 2.60 bits per heavy atom. The van der Waals surface area contributed by atoms with Crippen molar-refractivity contribution in [2.24, 2.45) is 0 Å². The van der Waals surface area contributed by atoms with Crippen LogP contribution in [0, 0.1) is 0 Å². The van der Waals surface area contributed by atoms with Gasteiger partial charge in [0.2, 0.25) is 10.0 Å².